The van der Waals surface area contributed by atoms with Crippen molar-refractivity contribution in [2.45, 2.75) is 18.7 Å². The molecule has 0 fully saturated rings. The van der Waals surface area contributed by atoms with Crippen LogP contribution in [0.5, 0.6) is 0 Å². The molecule has 2 aromatic rings. The van der Waals surface area contributed by atoms with Crippen molar-refractivity contribution in [3.8, 4) is 0 Å². The number of halogens is 1. The van der Waals surface area contributed by atoms with Crippen LogP contribution in [0.4, 0.5) is 5.69 Å². The summed E-state index contributed by atoms with van der Waals surface area (Å²) < 4.78 is 0. The average Bonchev–Trinajstić information content (AvgIpc) is 2.57. The molecule has 25 heavy (non-hydrogen) atoms. The van der Waals surface area contributed by atoms with Gasteiger partial charge in [0.15, 0.2) is 0 Å². The zero-order chi connectivity index (χ0) is 18.4. The van der Waals surface area contributed by atoms with E-state index in [0.29, 0.717) is 5.02 Å². The summed E-state index contributed by atoms with van der Waals surface area (Å²) >= 11 is 7.26. The molecule has 2 amide bonds. The molecule has 4 nitrogen and oxygen atoms in total. The van der Waals surface area contributed by atoms with Crippen molar-refractivity contribution in [2.24, 2.45) is 0 Å². The second kappa shape index (κ2) is 8.92. The van der Waals surface area contributed by atoms with Gasteiger partial charge in [0.25, 0.3) is 0 Å². The van der Waals surface area contributed by atoms with E-state index in [1.54, 1.807) is 19.2 Å². The Balaban J connectivity index is 1.85. The number of carbonyl (C=O) groups excluding carboxylic acids is 2. The van der Waals surface area contributed by atoms with Crippen LogP contribution in [0.1, 0.15) is 11.1 Å². The molecule has 2 aromatic carbocycles. The zero-order valence-electron chi connectivity index (χ0n) is 14.5. The van der Waals surface area contributed by atoms with E-state index in [4.69, 9.17) is 11.6 Å². The number of para-hydroxylation sites is 1. The van der Waals surface area contributed by atoms with Gasteiger partial charge in [0.1, 0.15) is 0 Å². The van der Waals surface area contributed by atoms with E-state index in [-0.39, 0.29) is 24.1 Å². The lowest BCUT2D eigenvalue weighted by molar-refractivity contribution is -0.131. The van der Waals surface area contributed by atoms with Crippen molar-refractivity contribution in [1.82, 2.24) is 4.90 Å². The number of benzene rings is 2. The van der Waals surface area contributed by atoms with E-state index in [2.05, 4.69) is 5.32 Å². The van der Waals surface area contributed by atoms with Crippen LogP contribution in [0, 0.1) is 13.8 Å². The monoisotopic (exact) mass is 376 g/mol. The molecule has 0 aliphatic carbocycles. The van der Waals surface area contributed by atoms with Crippen LogP contribution in [-0.4, -0.2) is 36.1 Å². The van der Waals surface area contributed by atoms with Crippen LogP contribution in [0.3, 0.4) is 0 Å². The Morgan fingerprint density at radius 3 is 2.28 bits per heavy atom. The first-order valence-corrected chi connectivity index (χ1v) is 9.21. The molecule has 6 heteroatoms. The summed E-state index contributed by atoms with van der Waals surface area (Å²) in [7, 11) is 1.63. The summed E-state index contributed by atoms with van der Waals surface area (Å²) in [5.74, 6) is -0.0317. The van der Waals surface area contributed by atoms with Gasteiger partial charge < -0.3 is 10.2 Å². The van der Waals surface area contributed by atoms with Crippen LogP contribution in [0.2, 0.25) is 5.02 Å². The number of rotatable bonds is 6. The lowest BCUT2D eigenvalue weighted by atomic mass is 10.1. The van der Waals surface area contributed by atoms with Crippen molar-refractivity contribution in [3.05, 3.63) is 58.6 Å². The van der Waals surface area contributed by atoms with E-state index in [1.807, 2.05) is 44.2 Å². The van der Waals surface area contributed by atoms with Crippen LogP contribution in [0.15, 0.2) is 47.4 Å². The molecule has 0 radical (unpaired) electrons. The molecule has 0 atom stereocenters. The first kappa shape index (κ1) is 19.3. The molecule has 1 N–H and O–H groups in total. The molecule has 0 aliphatic heterocycles. The van der Waals surface area contributed by atoms with Gasteiger partial charge in [0.2, 0.25) is 11.8 Å². The Labute approximate surface area is 157 Å². The summed E-state index contributed by atoms with van der Waals surface area (Å²) in [6.07, 6.45) is 0. The van der Waals surface area contributed by atoms with Crippen molar-refractivity contribution < 1.29 is 9.59 Å². The maximum atomic E-state index is 12.2. The molecular formula is C19H21ClN2O2S. The molecule has 0 saturated heterocycles. The largest absolute Gasteiger partial charge is 0.336 e. The third kappa shape index (κ3) is 5.80. The highest BCUT2D eigenvalue weighted by Gasteiger charge is 2.14. The maximum Gasteiger partial charge on any atom is 0.243 e. The molecule has 0 aromatic heterocycles. The van der Waals surface area contributed by atoms with Crippen molar-refractivity contribution >= 4 is 40.9 Å². The minimum absolute atomic E-state index is 0.0216. The Kier molecular flexibility index (Phi) is 6.91. The fourth-order valence-corrected chi connectivity index (χ4v) is 3.25. The molecule has 0 heterocycles. The molecule has 0 saturated carbocycles. The summed E-state index contributed by atoms with van der Waals surface area (Å²) in [5, 5.41) is 3.55. The quantitative estimate of drug-likeness (QED) is 0.770. The number of carbonyl (C=O) groups is 2. The first-order chi connectivity index (χ1) is 11.9. The number of hydrogen-bond donors (Lipinski definition) is 1. The minimum Gasteiger partial charge on any atom is -0.336 e. The molecule has 0 spiro atoms. The van der Waals surface area contributed by atoms with Gasteiger partial charge in [-0.05, 0) is 49.2 Å². The third-order valence-corrected chi connectivity index (χ3v) is 4.98. The molecule has 132 valence electrons. The highest BCUT2D eigenvalue weighted by atomic mass is 35.5. The maximum absolute atomic E-state index is 12.2. The van der Waals surface area contributed by atoms with Crippen LogP contribution >= 0.6 is 23.4 Å². The van der Waals surface area contributed by atoms with Gasteiger partial charge in [-0.15, -0.1) is 11.8 Å². The second-order valence-corrected chi connectivity index (χ2v) is 7.29. The Bertz CT molecular complexity index is 742. The number of hydrogen-bond acceptors (Lipinski definition) is 3. The fraction of sp³-hybridized carbons (Fsp3) is 0.263. The smallest absolute Gasteiger partial charge is 0.243 e. The van der Waals surface area contributed by atoms with E-state index in [1.165, 1.54) is 16.7 Å². The van der Waals surface area contributed by atoms with Gasteiger partial charge in [-0.2, -0.15) is 0 Å². The topological polar surface area (TPSA) is 49.4 Å². The summed E-state index contributed by atoms with van der Waals surface area (Å²) in [6.45, 7) is 3.91. The number of thioether (sulfide) groups is 1. The predicted octanol–water partition coefficient (Wildman–Crippen LogP) is 4.15. The Hall–Kier alpha value is -1.98. The van der Waals surface area contributed by atoms with Gasteiger partial charge in [0.05, 0.1) is 12.3 Å². The van der Waals surface area contributed by atoms with Crippen molar-refractivity contribution in [3.63, 3.8) is 0 Å². The van der Waals surface area contributed by atoms with E-state index in [9.17, 15) is 9.59 Å². The SMILES string of the molecule is Cc1cccc(C)c1NC(=O)CN(C)C(=O)CSc1ccc(Cl)cc1. The summed E-state index contributed by atoms with van der Waals surface area (Å²) in [6, 6.07) is 13.2. The average molecular weight is 377 g/mol. The lowest BCUT2D eigenvalue weighted by Crippen LogP contribution is -2.36. The number of amides is 2. The zero-order valence-corrected chi connectivity index (χ0v) is 16.1. The van der Waals surface area contributed by atoms with Gasteiger partial charge in [-0.25, -0.2) is 0 Å². The Morgan fingerprint density at radius 1 is 1.08 bits per heavy atom. The molecule has 0 unspecified atom stereocenters. The third-order valence-electron chi connectivity index (χ3n) is 3.73. The van der Waals surface area contributed by atoms with Crippen LogP contribution < -0.4 is 5.32 Å². The van der Waals surface area contributed by atoms with Gasteiger partial charge in [0, 0.05) is 22.7 Å². The molecular weight excluding hydrogens is 356 g/mol. The number of anilines is 1. The summed E-state index contributed by atoms with van der Waals surface area (Å²) in [4.78, 5) is 26.8. The second-order valence-electron chi connectivity index (χ2n) is 5.81. The number of nitrogens with zero attached hydrogens (tertiary/aromatic N) is 1. The van der Waals surface area contributed by atoms with Crippen molar-refractivity contribution in [2.75, 3.05) is 24.7 Å². The highest BCUT2D eigenvalue weighted by molar-refractivity contribution is 8.00. The van der Waals surface area contributed by atoms with E-state index < -0.39 is 0 Å². The van der Waals surface area contributed by atoms with E-state index in [0.717, 1.165) is 21.7 Å². The fourth-order valence-electron chi connectivity index (χ4n) is 2.28. The van der Waals surface area contributed by atoms with Crippen LogP contribution in [-0.2, 0) is 9.59 Å². The van der Waals surface area contributed by atoms with E-state index >= 15 is 0 Å². The Morgan fingerprint density at radius 2 is 1.68 bits per heavy atom. The number of nitrogens with one attached hydrogen (secondary N) is 1. The number of likely N-dealkylation sites (N-methyl/N-ethyl adjacent to an activating group) is 1. The normalized spacial score (nSPS) is 10.4. The minimum atomic E-state index is -0.204. The van der Waals surface area contributed by atoms with Gasteiger partial charge in [-0.3, -0.25) is 9.59 Å². The standard InChI is InChI=1S/C19H21ClN2O2S/c1-13-5-4-6-14(2)19(13)21-17(23)11-22(3)18(24)12-25-16-9-7-15(20)8-10-16/h4-10H,11-12H2,1-3H3,(H,21,23). The number of aryl methyl sites for hydroxylation is 2. The van der Waals surface area contributed by atoms with Gasteiger partial charge >= 0.3 is 0 Å². The molecule has 0 bridgehead atoms. The van der Waals surface area contributed by atoms with Crippen LogP contribution in [0.25, 0.3) is 0 Å². The van der Waals surface area contributed by atoms with Gasteiger partial charge in [-0.1, -0.05) is 29.8 Å². The molecule has 2 rings (SSSR count). The highest BCUT2D eigenvalue weighted by Crippen LogP contribution is 2.21. The predicted molar refractivity (Wildman–Crippen MR) is 104 cm³/mol. The first-order valence-electron chi connectivity index (χ1n) is 7.85. The summed E-state index contributed by atoms with van der Waals surface area (Å²) in [5.41, 5.74) is 2.81. The lowest BCUT2D eigenvalue weighted by Gasteiger charge is -2.18. The molecule has 0 aliphatic rings. The van der Waals surface area contributed by atoms with Crippen molar-refractivity contribution in [1.29, 1.82) is 0 Å².